The Kier molecular flexibility index (Phi) is 2.41. The van der Waals surface area contributed by atoms with Gasteiger partial charge in [0.2, 0.25) is 0 Å². The summed E-state index contributed by atoms with van der Waals surface area (Å²) in [6.45, 7) is 0.939. The lowest BCUT2D eigenvalue weighted by molar-refractivity contribution is 0.768. The van der Waals surface area contributed by atoms with Crippen LogP contribution >= 0.6 is 0 Å². The molecule has 0 atom stereocenters. The fourth-order valence-electron chi connectivity index (χ4n) is 1.35. The maximum atomic E-state index is 4.01. The second-order valence-corrected chi connectivity index (χ2v) is 3.08. The van der Waals surface area contributed by atoms with Crippen LogP contribution in [-0.2, 0) is 6.54 Å². The molecule has 13 heavy (non-hydrogen) atoms. The Bertz CT molecular complexity index is 342. The van der Waals surface area contributed by atoms with E-state index in [-0.39, 0.29) is 0 Å². The van der Waals surface area contributed by atoms with E-state index < -0.39 is 0 Å². The lowest BCUT2D eigenvalue weighted by Crippen LogP contribution is -1.97. The first-order chi connectivity index (χ1) is 6.45. The quantitative estimate of drug-likeness (QED) is 0.669. The van der Waals surface area contributed by atoms with Crippen molar-refractivity contribution in [3.8, 4) is 0 Å². The van der Waals surface area contributed by atoms with Gasteiger partial charge >= 0.3 is 0 Å². The van der Waals surface area contributed by atoms with E-state index in [1.165, 1.54) is 5.57 Å². The Morgan fingerprint density at radius 3 is 3.15 bits per heavy atom. The summed E-state index contributed by atoms with van der Waals surface area (Å²) in [5.74, 6) is 0. The van der Waals surface area contributed by atoms with Gasteiger partial charge in [-0.2, -0.15) is 0 Å². The number of rotatable bonds is 2. The van der Waals surface area contributed by atoms with Crippen LogP contribution in [0.5, 0.6) is 0 Å². The molecule has 2 heteroatoms. The van der Waals surface area contributed by atoms with Gasteiger partial charge in [-0.25, -0.2) is 4.98 Å². The van der Waals surface area contributed by atoms with Gasteiger partial charge in [0, 0.05) is 18.9 Å². The highest BCUT2D eigenvalue weighted by molar-refractivity contribution is 5.23. The lowest BCUT2D eigenvalue weighted by atomic mass is 10.2. The van der Waals surface area contributed by atoms with Crippen LogP contribution < -0.4 is 0 Å². The lowest BCUT2D eigenvalue weighted by Gasteiger charge is -2.03. The summed E-state index contributed by atoms with van der Waals surface area (Å²) in [7, 11) is 0. The van der Waals surface area contributed by atoms with Crippen molar-refractivity contribution < 1.29 is 0 Å². The molecule has 1 aromatic rings. The smallest absolute Gasteiger partial charge is 0.0948 e. The molecule has 0 amide bonds. The maximum Gasteiger partial charge on any atom is 0.0948 e. The molecule has 0 aromatic carbocycles. The molecule has 2 nitrogen and oxygen atoms in total. The van der Waals surface area contributed by atoms with Gasteiger partial charge in [-0.1, -0.05) is 30.4 Å². The van der Waals surface area contributed by atoms with Gasteiger partial charge in [0.05, 0.1) is 6.33 Å². The van der Waals surface area contributed by atoms with Gasteiger partial charge in [-0.3, -0.25) is 0 Å². The molecule has 2 rings (SSSR count). The minimum Gasteiger partial charge on any atom is -0.333 e. The van der Waals surface area contributed by atoms with Crippen LogP contribution in [0.3, 0.4) is 0 Å². The van der Waals surface area contributed by atoms with Gasteiger partial charge in [0.25, 0.3) is 0 Å². The Morgan fingerprint density at radius 2 is 2.31 bits per heavy atom. The van der Waals surface area contributed by atoms with Crippen LogP contribution in [0.2, 0.25) is 0 Å². The average molecular weight is 172 g/mol. The van der Waals surface area contributed by atoms with Gasteiger partial charge in [-0.15, -0.1) is 0 Å². The zero-order valence-corrected chi connectivity index (χ0v) is 7.43. The van der Waals surface area contributed by atoms with Gasteiger partial charge in [0.1, 0.15) is 0 Å². The van der Waals surface area contributed by atoms with E-state index in [1.54, 1.807) is 0 Å². The third-order valence-electron chi connectivity index (χ3n) is 2.02. The zero-order chi connectivity index (χ0) is 8.93. The van der Waals surface area contributed by atoms with Crippen molar-refractivity contribution in [2.75, 3.05) is 0 Å². The molecule has 1 aromatic heterocycles. The highest BCUT2D eigenvalue weighted by Gasteiger charge is 1.96. The van der Waals surface area contributed by atoms with Crippen LogP contribution in [0, 0.1) is 0 Å². The molecule has 0 saturated carbocycles. The van der Waals surface area contributed by atoms with Crippen molar-refractivity contribution in [3.63, 3.8) is 0 Å². The highest BCUT2D eigenvalue weighted by Crippen LogP contribution is 2.09. The van der Waals surface area contributed by atoms with Gasteiger partial charge in [0.15, 0.2) is 0 Å². The molecule has 0 fully saturated rings. The second kappa shape index (κ2) is 3.90. The van der Waals surface area contributed by atoms with Crippen molar-refractivity contribution >= 4 is 0 Å². The minimum absolute atomic E-state index is 0.939. The van der Waals surface area contributed by atoms with Crippen LogP contribution in [0.1, 0.15) is 6.42 Å². The monoisotopic (exact) mass is 172 g/mol. The predicted octanol–water partition coefficient (Wildman–Crippen LogP) is 2.33. The zero-order valence-electron chi connectivity index (χ0n) is 7.43. The Balaban J connectivity index is 2.06. The summed E-state index contributed by atoms with van der Waals surface area (Å²) < 4.78 is 2.08. The SMILES string of the molecule is C1=CC=C(Cn2ccnc2)CC=C1. The van der Waals surface area contributed by atoms with Crippen LogP contribution in [-0.4, -0.2) is 9.55 Å². The molecule has 0 spiro atoms. The van der Waals surface area contributed by atoms with Gasteiger partial charge < -0.3 is 4.57 Å². The molecular weight excluding hydrogens is 160 g/mol. The predicted molar refractivity (Wildman–Crippen MR) is 53.2 cm³/mol. The molecule has 0 unspecified atom stereocenters. The minimum atomic E-state index is 0.939. The van der Waals surface area contributed by atoms with Crippen molar-refractivity contribution in [2.45, 2.75) is 13.0 Å². The summed E-state index contributed by atoms with van der Waals surface area (Å²) >= 11 is 0. The van der Waals surface area contributed by atoms with E-state index in [2.05, 4.69) is 39.9 Å². The molecule has 66 valence electrons. The first-order valence-electron chi connectivity index (χ1n) is 4.42. The average Bonchev–Trinajstić information content (AvgIpc) is 2.49. The van der Waals surface area contributed by atoms with Crippen molar-refractivity contribution in [3.05, 3.63) is 54.7 Å². The molecular formula is C11H12N2. The molecule has 0 aliphatic heterocycles. The second-order valence-electron chi connectivity index (χ2n) is 3.08. The number of imidazole rings is 1. The number of hydrogen-bond acceptors (Lipinski definition) is 1. The summed E-state index contributed by atoms with van der Waals surface area (Å²) in [6.07, 6.45) is 17.2. The standard InChI is InChI=1S/C11H12N2/c1-2-4-6-11(5-3-1)9-13-8-7-12-10-13/h1-5,7-8,10H,6,9H2. The highest BCUT2D eigenvalue weighted by atomic mass is 15.0. The topological polar surface area (TPSA) is 17.8 Å². The van der Waals surface area contributed by atoms with Gasteiger partial charge in [-0.05, 0) is 12.0 Å². The summed E-state index contributed by atoms with van der Waals surface area (Å²) in [4.78, 5) is 4.01. The maximum absolute atomic E-state index is 4.01. The fraction of sp³-hybridized carbons (Fsp3) is 0.182. The van der Waals surface area contributed by atoms with Crippen molar-refractivity contribution in [1.82, 2.24) is 9.55 Å². The number of aromatic nitrogens is 2. The summed E-state index contributed by atoms with van der Waals surface area (Å²) in [5.41, 5.74) is 1.41. The molecule has 0 saturated heterocycles. The van der Waals surface area contributed by atoms with E-state index in [0.717, 1.165) is 13.0 Å². The first kappa shape index (κ1) is 8.05. The normalized spacial score (nSPS) is 15.5. The Morgan fingerprint density at radius 1 is 1.31 bits per heavy atom. The van der Waals surface area contributed by atoms with Crippen LogP contribution in [0.4, 0.5) is 0 Å². The summed E-state index contributed by atoms with van der Waals surface area (Å²) in [6, 6.07) is 0. The van der Waals surface area contributed by atoms with E-state index in [1.807, 2.05) is 18.7 Å². The van der Waals surface area contributed by atoms with E-state index in [9.17, 15) is 0 Å². The molecule has 1 aliphatic rings. The molecule has 1 heterocycles. The number of hydrogen-bond donors (Lipinski definition) is 0. The van der Waals surface area contributed by atoms with Crippen molar-refractivity contribution in [2.24, 2.45) is 0 Å². The van der Waals surface area contributed by atoms with Crippen LogP contribution in [0.15, 0.2) is 54.7 Å². The van der Waals surface area contributed by atoms with Crippen molar-refractivity contribution in [1.29, 1.82) is 0 Å². The van der Waals surface area contributed by atoms with E-state index >= 15 is 0 Å². The largest absolute Gasteiger partial charge is 0.333 e. The Hall–Kier alpha value is -1.57. The number of allylic oxidation sites excluding steroid dienone is 6. The fourth-order valence-corrected chi connectivity index (χ4v) is 1.35. The molecule has 0 radical (unpaired) electrons. The third-order valence-corrected chi connectivity index (χ3v) is 2.02. The van der Waals surface area contributed by atoms with Crippen LogP contribution in [0.25, 0.3) is 0 Å². The molecule has 0 N–H and O–H groups in total. The van der Waals surface area contributed by atoms with E-state index in [0.29, 0.717) is 0 Å². The van der Waals surface area contributed by atoms with E-state index in [4.69, 9.17) is 0 Å². The third kappa shape index (κ3) is 2.18. The molecule has 0 bridgehead atoms. The molecule has 1 aliphatic carbocycles. The first-order valence-corrected chi connectivity index (χ1v) is 4.42. The summed E-state index contributed by atoms with van der Waals surface area (Å²) in [5, 5.41) is 0. The Labute approximate surface area is 77.9 Å². The number of nitrogens with zero attached hydrogens (tertiary/aromatic N) is 2.